The van der Waals surface area contributed by atoms with Crippen molar-refractivity contribution in [3.05, 3.63) is 35.9 Å². The molecule has 0 saturated heterocycles. The molecule has 0 fully saturated rings. The van der Waals surface area contributed by atoms with Gasteiger partial charge in [0.1, 0.15) is 5.88 Å². The Morgan fingerprint density at radius 1 is 1.19 bits per heavy atom. The van der Waals surface area contributed by atoms with Gasteiger partial charge in [-0.05, 0) is 27.7 Å². The maximum absolute atomic E-state index is 10.8. The second-order valence-electron chi connectivity index (χ2n) is 4.72. The van der Waals surface area contributed by atoms with Crippen molar-refractivity contribution in [1.29, 1.82) is 0 Å². The van der Waals surface area contributed by atoms with Crippen LogP contribution in [0.3, 0.4) is 0 Å². The van der Waals surface area contributed by atoms with Crippen molar-refractivity contribution < 1.29 is 10.3 Å². The molecular formula is C13H26Cl3N2NaO2. The van der Waals surface area contributed by atoms with Gasteiger partial charge in [-0.25, -0.2) is 5.84 Å². The normalized spacial score (nSPS) is 8.29. The standard InChI is InChI=1S/C7H8.C6H13ClN2O.2ClH.Na.H2O.H/c1-7-5-3-2-4-6-7;1-6(2,3)9(8)5(10)4-7;;;;;/h2-6H,1H3;4,8H2,1-3H3;2*1H;;1H2;. The molecular weight excluding hydrogens is 346 g/mol. The molecule has 0 radical (unpaired) electrons. The number of rotatable bonds is 1. The number of alkyl halides is 1. The van der Waals surface area contributed by atoms with Crippen LogP contribution in [0.25, 0.3) is 0 Å². The summed E-state index contributed by atoms with van der Waals surface area (Å²) in [6, 6.07) is 10.3. The number of hydrogen-bond acceptors (Lipinski definition) is 2. The van der Waals surface area contributed by atoms with Crippen molar-refractivity contribution in [2.75, 3.05) is 5.88 Å². The molecule has 1 amide bonds. The zero-order valence-electron chi connectivity index (χ0n) is 12.2. The molecule has 0 unspecified atom stereocenters. The molecule has 0 saturated carbocycles. The minimum atomic E-state index is -0.341. The van der Waals surface area contributed by atoms with Gasteiger partial charge >= 0.3 is 29.6 Å². The van der Waals surface area contributed by atoms with E-state index in [-0.39, 0.29) is 77.2 Å². The maximum atomic E-state index is 10.8. The minimum absolute atomic E-state index is 0. The number of nitrogens with zero attached hydrogens (tertiary/aromatic N) is 1. The van der Waals surface area contributed by atoms with Crippen molar-refractivity contribution in [2.24, 2.45) is 5.84 Å². The molecule has 21 heavy (non-hydrogen) atoms. The molecule has 4 nitrogen and oxygen atoms in total. The number of hydrogen-bond donors (Lipinski definition) is 1. The Morgan fingerprint density at radius 3 is 1.71 bits per heavy atom. The van der Waals surface area contributed by atoms with Crippen LogP contribution in [0.2, 0.25) is 0 Å². The Balaban J connectivity index is -0.0000000703. The van der Waals surface area contributed by atoms with Crippen molar-refractivity contribution in [2.45, 2.75) is 33.2 Å². The fourth-order valence-electron chi connectivity index (χ4n) is 0.973. The number of carbonyl (C=O) groups is 1. The molecule has 1 rings (SSSR count). The summed E-state index contributed by atoms with van der Waals surface area (Å²) in [4.78, 5) is 10.8. The Hall–Kier alpha value is 0.480. The predicted molar refractivity (Wildman–Crippen MR) is 97.9 cm³/mol. The summed E-state index contributed by atoms with van der Waals surface area (Å²) in [7, 11) is 0. The molecule has 122 valence electrons. The van der Waals surface area contributed by atoms with Crippen LogP contribution >= 0.6 is 36.4 Å². The Bertz CT molecular complexity index is 349. The number of halogens is 3. The second-order valence-corrected chi connectivity index (χ2v) is 4.99. The molecule has 1 aromatic carbocycles. The first-order chi connectivity index (χ1) is 7.79. The van der Waals surface area contributed by atoms with Gasteiger partial charge in [-0.3, -0.25) is 9.80 Å². The van der Waals surface area contributed by atoms with E-state index in [1.807, 2.05) is 39.0 Å². The number of benzene rings is 1. The average molecular weight is 372 g/mol. The first-order valence-electron chi connectivity index (χ1n) is 5.44. The summed E-state index contributed by atoms with van der Waals surface area (Å²) in [5.41, 5.74) is 0.980. The van der Waals surface area contributed by atoms with E-state index >= 15 is 0 Å². The van der Waals surface area contributed by atoms with E-state index in [2.05, 4.69) is 19.1 Å². The van der Waals surface area contributed by atoms with E-state index in [1.54, 1.807) is 0 Å². The quantitative estimate of drug-likeness (QED) is 0.270. The first kappa shape index (κ1) is 33.2. The predicted octanol–water partition coefficient (Wildman–Crippen LogP) is 2.09. The van der Waals surface area contributed by atoms with Crippen molar-refractivity contribution >= 4 is 71.9 Å². The molecule has 0 aliphatic rings. The van der Waals surface area contributed by atoms with Crippen LogP contribution in [0.15, 0.2) is 30.3 Å². The van der Waals surface area contributed by atoms with Crippen molar-refractivity contribution in [3.63, 3.8) is 0 Å². The van der Waals surface area contributed by atoms with E-state index in [0.717, 1.165) is 5.01 Å². The molecule has 0 atom stereocenters. The second kappa shape index (κ2) is 16.8. The van der Waals surface area contributed by atoms with Crippen molar-refractivity contribution in [3.8, 4) is 0 Å². The Kier molecular flexibility index (Phi) is 26.6. The van der Waals surface area contributed by atoms with Crippen LogP contribution in [0, 0.1) is 6.92 Å². The summed E-state index contributed by atoms with van der Waals surface area (Å²) in [5.74, 6) is 5.09. The van der Waals surface area contributed by atoms with Gasteiger partial charge in [0.15, 0.2) is 0 Å². The van der Waals surface area contributed by atoms with E-state index < -0.39 is 0 Å². The van der Waals surface area contributed by atoms with Gasteiger partial charge in [-0.1, -0.05) is 35.9 Å². The van der Waals surface area contributed by atoms with E-state index in [1.165, 1.54) is 5.56 Å². The zero-order valence-corrected chi connectivity index (χ0v) is 14.6. The SMILES string of the molecule is CC(C)(C)N(N)C(=O)CCl.Cc1ccccc1.Cl.Cl.O.[NaH]. The Labute approximate surface area is 167 Å². The summed E-state index contributed by atoms with van der Waals surface area (Å²) < 4.78 is 0. The summed E-state index contributed by atoms with van der Waals surface area (Å²) >= 11 is 5.28. The summed E-state index contributed by atoms with van der Waals surface area (Å²) in [6.07, 6.45) is 0. The number of nitrogens with two attached hydrogens (primary N) is 1. The molecule has 0 aromatic heterocycles. The molecule has 8 heteroatoms. The number of hydrazine groups is 1. The number of aryl methyl sites for hydroxylation is 1. The van der Waals surface area contributed by atoms with Crippen LogP contribution in [0.5, 0.6) is 0 Å². The van der Waals surface area contributed by atoms with Gasteiger partial charge in [0.05, 0.1) is 5.54 Å². The summed E-state index contributed by atoms with van der Waals surface area (Å²) in [5, 5.41) is 1.14. The average Bonchev–Trinajstić information content (AvgIpc) is 2.27. The zero-order chi connectivity index (χ0) is 13.5. The van der Waals surface area contributed by atoms with Crippen LogP contribution in [-0.4, -0.2) is 57.4 Å². The molecule has 0 spiro atoms. The fraction of sp³-hybridized carbons (Fsp3) is 0.462. The summed E-state index contributed by atoms with van der Waals surface area (Å²) in [6.45, 7) is 7.62. The van der Waals surface area contributed by atoms with Gasteiger partial charge in [-0.15, -0.1) is 36.4 Å². The van der Waals surface area contributed by atoms with E-state index in [4.69, 9.17) is 17.4 Å². The van der Waals surface area contributed by atoms with Gasteiger partial charge in [0.25, 0.3) is 5.91 Å². The molecule has 0 aliphatic heterocycles. The molecule has 0 aliphatic carbocycles. The molecule has 1 aromatic rings. The van der Waals surface area contributed by atoms with Crippen LogP contribution < -0.4 is 5.84 Å². The van der Waals surface area contributed by atoms with E-state index in [0.29, 0.717) is 0 Å². The van der Waals surface area contributed by atoms with Gasteiger partial charge in [-0.2, -0.15) is 0 Å². The van der Waals surface area contributed by atoms with Gasteiger partial charge < -0.3 is 5.48 Å². The number of amides is 1. The number of carbonyl (C=O) groups excluding carboxylic acids is 1. The van der Waals surface area contributed by atoms with Crippen LogP contribution in [0.4, 0.5) is 0 Å². The van der Waals surface area contributed by atoms with Crippen LogP contribution in [-0.2, 0) is 4.79 Å². The topological polar surface area (TPSA) is 77.8 Å². The van der Waals surface area contributed by atoms with Crippen molar-refractivity contribution in [1.82, 2.24) is 5.01 Å². The van der Waals surface area contributed by atoms with Gasteiger partial charge in [0, 0.05) is 0 Å². The van der Waals surface area contributed by atoms with E-state index in [9.17, 15) is 4.79 Å². The Morgan fingerprint density at radius 2 is 1.57 bits per heavy atom. The molecule has 0 bridgehead atoms. The van der Waals surface area contributed by atoms with Gasteiger partial charge in [0.2, 0.25) is 0 Å². The third kappa shape index (κ3) is 16.7. The first-order valence-corrected chi connectivity index (χ1v) is 5.98. The molecule has 4 N–H and O–H groups in total. The van der Waals surface area contributed by atoms with Crippen LogP contribution in [0.1, 0.15) is 26.3 Å². The third-order valence-corrected chi connectivity index (χ3v) is 2.27. The fourth-order valence-corrected chi connectivity index (χ4v) is 1.10. The monoisotopic (exact) mass is 370 g/mol. The molecule has 0 heterocycles. The third-order valence-electron chi connectivity index (χ3n) is 2.05.